The van der Waals surface area contributed by atoms with Crippen molar-refractivity contribution in [3.05, 3.63) is 89.7 Å². The van der Waals surface area contributed by atoms with Gasteiger partial charge >= 0.3 is 0 Å². The molecule has 0 spiro atoms. The average molecular weight is 451 g/mol. The van der Waals surface area contributed by atoms with E-state index in [0.717, 1.165) is 36.3 Å². The number of nitrogens with zero attached hydrogens (tertiary/aromatic N) is 6. The van der Waals surface area contributed by atoms with Crippen LogP contribution < -0.4 is 0 Å². The van der Waals surface area contributed by atoms with Gasteiger partial charge in [-0.3, -0.25) is 14.7 Å². The molecule has 0 atom stereocenters. The molecule has 0 N–H and O–H groups in total. The lowest BCUT2D eigenvalue weighted by atomic mass is 10.1. The number of nitriles is 1. The molecule has 4 aromatic rings. The first-order valence-corrected chi connectivity index (χ1v) is 11.0. The molecule has 8 nitrogen and oxygen atoms in total. The van der Waals surface area contributed by atoms with Crippen LogP contribution in [0.25, 0.3) is 22.8 Å². The Labute approximate surface area is 197 Å². The van der Waals surface area contributed by atoms with Crippen molar-refractivity contribution >= 4 is 5.91 Å². The van der Waals surface area contributed by atoms with Gasteiger partial charge in [0.25, 0.3) is 11.8 Å². The maximum Gasteiger partial charge on any atom is 0.259 e. The smallest absolute Gasteiger partial charge is 0.259 e. The monoisotopic (exact) mass is 450 g/mol. The number of piperazine rings is 1. The van der Waals surface area contributed by atoms with Gasteiger partial charge in [-0.05, 0) is 42.0 Å². The molecule has 0 unspecified atom stereocenters. The number of pyridine rings is 1. The zero-order chi connectivity index (χ0) is 23.3. The molecule has 1 saturated heterocycles. The molecule has 1 aliphatic heterocycles. The number of carbonyl (C=O) groups is 1. The van der Waals surface area contributed by atoms with Gasteiger partial charge in [0.05, 0.1) is 17.2 Å². The van der Waals surface area contributed by atoms with E-state index < -0.39 is 0 Å². The Morgan fingerprint density at radius 3 is 2.62 bits per heavy atom. The number of hydrogen-bond donors (Lipinski definition) is 0. The normalized spacial score (nSPS) is 14.0. The van der Waals surface area contributed by atoms with Crippen LogP contribution in [0.2, 0.25) is 0 Å². The second-order valence-electron chi connectivity index (χ2n) is 8.13. The summed E-state index contributed by atoms with van der Waals surface area (Å²) in [5.74, 6) is 0.950. The summed E-state index contributed by atoms with van der Waals surface area (Å²) < 4.78 is 5.41. The number of amides is 1. The van der Waals surface area contributed by atoms with Crippen LogP contribution in [0.15, 0.2) is 77.6 Å². The SMILES string of the molecule is N#Cc1cccc(C(=O)N2CCN(Cc3cccc(-c4noc(-c5cccnc5)n4)c3)CC2)c1. The largest absolute Gasteiger partial charge is 0.336 e. The van der Waals surface area contributed by atoms with E-state index >= 15 is 0 Å². The number of carbonyl (C=O) groups excluding carboxylic acids is 1. The van der Waals surface area contributed by atoms with Crippen molar-refractivity contribution in [2.45, 2.75) is 6.54 Å². The molecule has 0 bridgehead atoms. The Bertz CT molecular complexity index is 1340. The molecule has 5 rings (SSSR count). The third-order valence-corrected chi connectivity index (χ3v) is 5.82. The summed E-state index contributed by atoms with van der Waals surface area (Å²) in [5.41, 5.74) is 3.88. The van der Waals surface area contributed by atoms with Crippen molar-refractivity contribution in [2.24, 2.45) is 0 Å². The maximum atomic E-state index is 12.8. The molecular weight excluding hydrogens is 428 g/mol. The lowest BCUT2D eigenvalue weighted by molar-refractivity contribution is 0.0628. The van der Waals surface area contributed by atoms with Crippen LogP contribution in [0.3, 0.4) is 0 Å². The van der Waals surface area contributed by atoms with Crippen molar-refractivity contribution in [1.29, 1.82) is 5.26 Å². The summed E-state index contributed by atoms with van der Waals surface area (Å²) in [6.07, 6.45) is 3.39. The minimum atomic E-state index is -0.0275. The van der Waals surface area contributed by atoms with Crippen LogP contribution in [0, 0.1) is 11.3 Å². The first-order valence-electron chi connectivity index (χ1n) is 11.0. The zero-order valence-corrected chi connectivity index (χ0v) is 18.5. The van der Waals surface area contributed by atoms with E-state index in [9.17, 15) is 4.79 Å². The van der Waals surface area contributed by atoms with Crippen LogP contribution in [0.5, 0.6) is 0 Å². The van der Waals surface area contributed by atoms with E-state index in [1.807, 2.05) is 29.2 Å². The zero-order valence-electron chi connectivity index (χ0n) is 18.5. The van der Waals surface area contributed by atoms with Crippen molar-refractivity contribution in [1.82, 2.24) is 24.9 Å². The van der Waals surface area contributed by atoms with Gasteiger partial charge in [-0.2, -0.15) is 10.2 Å². The highest BCUT2D eigenvalue weighted by Gasteiger charge is 2.22. The van der Waals surface area contributed by atoms with E-state index in [1.165, 1.54) is 0 Å². The predicted molar refractivity (Wildman–Crippen MR) is 125 cm³/mol. The van der Waals surface area contributed by atoms with Gasteiger partial charge < -0.3 is 9.42 Å². The lowest BCUT2D eigenvalue weighted by Crippen LogP contribution is -2.48. The summed E-state index contributed by atoms with van der Waals surface area (Å²) in [5, 5.41) is 13.2. The molecule has 2 aromatic carbocycles. The van der Waals surface area contributed by atoms with Gasteiger partial charge in [0.2, 0.25) is 5.82 Å². The molecule has 0 radical (unpaired) electrons. The van der Waals surface area contributed by atoms with Gasteiger partial charge in [0, 0.05) is 56.2 Å². The van der Waals surface area contributed by atoms with Gasteiger partial charge in [-0.15, -0.1) is 0 Å². The highest BCUT2D eigenvalue weighted by Crippen LogP contribution is 2.23. The second-order valence-corrected chi connectivity index (χ2v) is 8.13. The fourth-order valence-corrected chi connectivity index (χ4v) is 4.03. The molecular formula is C26H22N6O2. The summed E-state index contributed by atoms with van der Waals surface area (Å²) in [6, 6.07) is 20.8. The standard InChI is InChI=1S/C26H22N6O2/c27-16-19-4-1-7-22(14-19)26(33)32-12-10-31(11-13-32)18-20-5-2-6-21(15-20)24-29-25(34-30-24)23-8-3-9-28-17-23/h1-9,14-15,17H,10-13,18H2. The predicted octanol–water partition coefficient (Wildman–Crippen LogP) is 3.63. The van der Waals surface area contributed by atoms with Crippen LogP contribution in [0.4, 0.5) is 0 Å². The van der Waals surface area contributed by atoms with Crippen LogP contribution >= 0.6 is 0 Å². The molecule has 34 heavy (non-hydrogen) atoms. The van der Waals surface area contributed by atoms with Crippen molar-refractivity contribution < 1.29 is 9.32 Å². The summed E-state index contributed by atoms with van der Waals surface area (Å²) >= 11 is 0. The lowest BCUT2D eigenvalue weighted by Gasteiger charge is -2.34. The van der Waals surface area contributed by atoms with Gasteiger partial charge in [0.1, 0.15) is 0 Å². The molecule has 8 heteroatoms. The highest BCUT2D eigenvalue weighted by molar-refractivity contribution is 5.94. The minimum Gasteiger partial charge on any atom is -0.336 e. The minimum absolute atomic E-state index is 0.0275. The number of benzene rings is 2. The number of aromatic nitrogens is 3. The molecule has 1 aliphatic rings. The Hall–Kier alpha value is -4.35. The van der Waals surface area contributed by atoms with E-state index in [0.29, 0.717) is 35.9 Å². The third-order valence-electron chi connectivity index (χ3n) is 5.82. The van der Waals surface area contributed by atoms with Gasteiger partial charge in [0.15, 0.2) is 0 Å². The Morgan fingerprint density at radius 1 is 1.00 bits per heavy atom. The fourth-order valence-electron chi connectivity index (χ4n) is 4.03. The summed E-state index contributed by atoms with van der Waals surface area (Å²) in [6.45, 7) is 3.62. The Kier molecular flexibility index (Phi) is 6.10. The highest BCUT2D eigenvalue weighted by atomic mass is 16.5. The Balaban J connectivity index is 1.21. The first-order chi connectivity index (χ1) is 16.7. The average Bonchev–Trinajstić information content (AvgIpc) is 3.40. The molecule has 0 saturated carbocycles. The molecule has 2 aromatic heterocycles. The topological polar surface area (TPSA) is 99.2 Å². The molecule has 1 amide bonds. The third kappa shape index (κ3) is 4.70. The summed E-state index contributed by atoms with van der Waals surface area (Å²) in [7, 11) is 0. The molecule has 0 aliphatic carbocycles. The van der Waals surface area contributed by atoms with Crippen molar-refractivity contribution in [3.8, 4) is 28.9 Å². The molecule has 1 fully saturated rings. The number of hydrogen-bond acceptors (Lipinski definition) is 7. The second kappa shape index (κ2) is 9.65. The fraction of sp³-hybridized carbons (Fsp3) is 0.192. The molecule has 3 heterocycles. The Morgan fingerprint density at radius 2 is 1.82 bits per heavy atom. The van der Waals surface area contributed by atoms with E-state index in [2.05, 4.69) is 38.2 Å². The van der Waals surface area contributed by atoms with Gasteiger partial charge in [-0.1, -0.05) is 29.4 Å². The summed E-state index contributed by atoms with van der Waals surface area (Å²) in [4.78, 5) is 25.6. The van der Waals surface area contributed by atoms with Crippen LogP contribution in [-0.4, -0.2) is 57.0 Å². The van der Waals surface area contributed by atoms with E-state index in [4.69, 9.17) is 9.78 Å². The van der Waals surface area contributed by atoms with Crippen LogP contribution in [-0.2, 0) is 6.54 Å². The first kappa shape index (κ1) is 21.5. The quantitative estimate of drug-likeness (QED) is 0.458. The number of rotatable bonds is 5. The van der Waals surface area contributed by atoms with E-state index in [1.54, 1.807) is 36.7 Å². The van der Waals surface area contributed by atoms with Crippen molar-refractivity contribution in [3.63, 3.8) is 0 Å². The van der Waals surface area contributed by atoms with Gasteiger partial charge in [-0.25, -0.2) is 0 Å². The van der Waals surface area contributed by atoms with Crippen LogP contribution in [0.1, 0.15) is 21.5 Å². The maximum absolute atomic E-state index is 12.8. The molecule has 168 valence electrons. The van der Waals surface area contributed by atoms with E-state index in [-0.39, 0.29) is 5.91 Å². The van der Waals surface area contributed by atoms with Crippen molar-refractivity contribution in [2.75, 3.05) is 26.2 Å².